The van der Waals surface area contributed by atoms with Crippen LogP contribution in [0.1, 0.15) is 67.8 Å². The predicted molar refractivity (Wildman–Crippen MR) is 82.1 cm³/mol. The lowest BCUT2D eigenvalue weighted by molar-refractivity contribution is 0.0824. The van der Waals surface area contributed by atoms with E-state index in [1.807, 2.05) is 18.2 Å². The Morgan fingerprint density at radius 3 is 2.45 bits per heavy atom. The van der Waals surface area contributed by atoms with Crippen molar-refractivity contribution in [2.75, 3.05) is 0 Å². The number of nitrogens with one attached hydrogen (secondary N) is 1. The summed E-state index contributed by atoms with van der Waals surface area (Å²) in [5, 5.41) is 3.67. The molecule has 0 spiro atoms. The van der Waals surface area contributed by atoms with E-state index in [-0.39, 0.29) is 5.92 Å². The van der Waals surface area contributed by atoms with E-state index in [1.165, 1.54) is 24.8 Å². The number of Topliss-reactive ketones (excluding diaryl/α,β-unsaturated/α-hetero) is 1. The van der Waals surface area contributed by atoms with Crippen molar-refractivity contribution < 1.29 is 4.79 Å². The topological polar surface area (TPSA) is 29.1 Å². The SMILES string of the molecule is CC(C)c1ccccc1C(=O)C1CC2CCCC(C1)N2. The van der Waals surface area contributed by atoms with Crippen LogP contribution in [-0.4, -0.2) is 17.9 Å². The Kier molecular flexibility index (Phi) is 3.93. The first-order chi connectivity index (χ1) is 9.65. The van der Waals surface area contributed by atoms with E-state index in [2.05, 4.69) is 25.2 Å². The maximum absolute atomic E-state index is 12.9. The Morgan fingerprint density at radius 1 is 1.15 bits per heavy atom. The number of carbonyl (C=O) groups is 1. The Labute approximate surface area is 122 Å². The molecule has 2 unspecified atom stereocenters. The molecule has 1 aromatic rings. The van der Waals surface area contributed by atoms with Gasteiger partial charge in [0, 0.05) is 23.6 Å². The van der Waals surface area contributed by atoms with Crippen molar-refractivity contribution in [2.45, 2.75) is 64.0 Å². The summed E-state index contributed by atoms with van der Waals surface area (Å²) < 4.78 is 0. The van der Waals surface area contributed by atoms with E-state index >= 15 is 0 Å². The van der Waals surface area contributed by atoms with E-state index in [0.717, 1.165) is 18.4 Å². The first-order valence-electron chi connectivity index (χ1n) is 8.04. The van der Waals surface area contributed by atoms with Crippen LogP contribution in [0.4, 0.5) is 0 Å². The predicted octanol–water partition coefficient (Wildman–Crippen LogP) is 3.91. The van der Waals surface area contributed by atoms with Gasteiger partial charge in [0.05, 0.1) is 0 Å². The highest BCUT2D eigenvalue weighted by atomic mass is 16.1. The molecule has 2 nitrogen and oxygen atoms in total. The Hall–Kier alpha value is -1.15. The third kappa shape index (κ3) is 2.67. The number of ketones is 1. The lowest BCUT2D eigenvalue weighted by Crippen LogP contribution is -2.50. The van der Waals surface area contributed by atoms with Gasteiger partial charge >= 0.3 is 0 Å². The highest BCUT2D eigenvalue weighted by Crippen LogP contribution is 2.33. The van der Waals surface area contributed by atoms with Gasteiger partial charge in [0.25, 0.3) is 0 Å². The van der Waals surface area contributed by atoms with Crippen LogP contribution in [0.25, 0.3) is 0 Å². The third-order valence-electron chi connectivity index (χ3n) is 4.93. The second-order valence-corrected chi connectivity index (χ2v) is 6.77. The number of fused-ring (bicyclic) bond motifs is 2. The summed E-state index contributed by atoms with van der Waals surface area (Å²) in [6.07, 6.45) is 5.87. The molecule has 3 rings (SSSR count). The summed E-state index contributed by atoms with van der Waals surface area (Å²) in [6, 6.07) is 9.32. The van der Waals surface area contributed by atoms with Crippen LogP contribution in [0.15, 0.2) is 24.3 Å². The summed E-state index contributed by atoms with van der Waals surface area (Å²) in [5.41, 5.74) is 2.17. The van der Waals surface area contributed by atoms with Gasteiger partial charge in [0.15, 0.2) is 5.78 Å². The largest absolute Gasteiger partial charge is 0.311 e. The van der Waals surface area contributed by atoms with Crippen molar-refractivity contribution in [2.24, 2.45) is 5.92 Å². The molecule has 0 saturated carbocycles. The number of piperidine rings is 2. The number of benzene rings is 1. The molecule has 2 aliphatic heterocycles. The Bertz CT molecular complexity index is 482. The number of hydrogen-bond acceptors (Lipinski definition) is 2. The van der Waals surface area contributed by atoms with Crippen molar-refractivity contribution in [1.29, 1.82) is 0 Å². The van der Waals surface area contributed by atoms with Gasteiger partial charge in [-0.15, -0.1) is 0 Å². The maximum atomic E-state index is 12.9. The van der Waals surface area contributed by atoms with Crippen molar-refractivity contribution in [3.63, 3.8) is 0 Å². The minimum atomic E-state index is 0.228. The van der Waals surface area contributed by atoms with Crippen LogP contribution in [0.2, 0.25) is 0 Å². The quantitative estimate of drug-likeness (QED) is 0.844. The first kappa shape index (κ1) is 13.8. The summed E-state index contributed by atoms with van der Waals surface area (Å²) in [7, 11) is 0. The molecule has 2 saturated heterocycles. The van der Waals surface area contributed by atoms with Crippen LogP contribution in [0.5, 0.6) is 0 Å². The number of rotatable bonds is 3. The van der Waals surface area contributed by atoms with Crippen molar-refractivity contribution in [3.8, 4) is 0 Å². The van der Waals surface area contributed by atoms with E-state index in [9.17, 15) is 4.79 Å². The lowest BCUT2D eigenvalue weighted by Gasteiger charge is -2.40. The molecule has 2 bridgehead atoms. The summed E-state index contributed by atoms with van der Waals surface area (Å²) >= 11 is 0. The molecule has 2 aliphatic rings. The van der Waals surface area contributed by atoms with Gasteiger partial charge in [-0.25, -0.2) is 0 Å². The second-order valence-electron chi connectivity index (χ2n) is 6.77. The van der Waals surface area contributed by atoms with Crippen molar-refractivity contribution in [1.82, 2.24) is 5.32 Å². The lowest BCUT2D eigenvalue weighted by atomic mass is 9.76. The molecule has 0 radical (unpaired) electrons. The van der Waals surface area contributed by atoms with Crippen LogP contribution < -0.4 is 5.32 Å². The molecule has 0 aromatic heterocycles. The zero-order valence-corrected chi connectivity index (χ0v) is 12.6. The van der Waals surface area contributed by atoms with Gasteiger partial charge in [0.2, 0.25) is 0 Å². The first-order valence-corrected chi connectivity index (χ1v) is 8.04. The maximum Gasteiger partial charge on any atom is 0.166 e. The second kappa shape index (κ2) is 5.69. The molecule has 108 valence electrons. The third-order valence-corrected chi connectivity index (χ3v) is 4.93. The molecule has 0 aliphatic carbocycles. The molecular weight excluding hydrogens is 246 g/mol. The highest BCUT2D eigenvalue weighted by molar-refractivity contribution is 5.99. The zero-order chi connectivity index (χ0) is 14.1. The molecule has 2 heteroatoms. The molecule has 2 atom stereocenters. The fraction of sp³-hybridized carbons (Fsp3) is 0.611. The van der Waals surface area contributed by atoms with Gasteiger partial charge < -0.3 is 5.32 Å². The molecule has 1 N–H and O–H groups in total. The molecule has 2 heterocycles. The number of hydrogen-bond donors (Lipinski definition) is 1. The van der Waals surface area contributed by atoms with E-state index in [0.29, 0.717) is 23.8 Å². The smallest absolute Gasteiger partial charge is 0.166 e. The fourth-order valence-corrected chi connectivity index (χ4v) is 3.92. The van der Waals surface area contributed by atoms with Crippen LogP contribution in [0, 0.1) is 5.92 Å². The Morgan fingerprint density at radius 2 is 1.80 bits per heavy atom. The molecular formula is C18H25NO. The zero-order valence-electron chi connectivity index (χ0n) is 12.6. The standard InChI is InChI=1S/C18H25NO/c1-12(2)16-8-3-4-9-17(16)18(20)13-10-14-6-5-7-15(11-13)19-14/h3-4,8-9,12-15,19H,5-7,10-11H2,1-2H3. The molecule has 1 aromatic carbocycles. The molecule has 0 amide bonds. The monoisotopic (exact) mass is 271 g/mol. The minimum absolute atomic E-state index is 0.228. The molecule has 20 heavy (non-hydrogen) atoms. The number of carbonyl (C=O) groups excluding carboxylic acids is 1. The van der Waals surface area contributed by atoms with Crippen molar-refractivity contribution >= 4 is 5.78 Å². The summed E-state index contributed by atoms with van der Waals surface area (Å²) in [6.45, 7) is 4.34. The van der Waals surface area contributed by atoms with E-state index in [1.54, 1.807) is 0 Å². The Balaban J connectivity index is 1.82. The molecule has 2 fully saturated rings. The summed E-state index contributed by atoms with van der Waals surface area (Å²) in [4.78, 5) is 12.9. The average Bonchev–Trinajstić information content (AvgIpc) is 2.46. The normalized spacial score (nSPS) is 29.4. The highest BCUT2D eigenvalue weighted by Gasteiger charge is 2.35. The van der Waals surface area contributed by atoms with Gasteiger partial charge in [-0.2, -0.15) is 0 Å². The minimum Gasteiger partial charge on any atom is -0.311 e. The van der Waals surface area contributed by atoms with E-state index < -0.39 is 0 Å². The van der Waals surface area contributed by atoms with Gasteiger partial charge in [0.1, 0.15) is 0 Å². The summed E-state index contributed by atoms with van der Waals surface area (Å²) in [5.74, 6) is 1.02. The van der Waals surface area contributed by atoms with E-state index in [4.69, 9.17) is 0 Å². The van der Waals surface area contributed by atoms with Gasteiger partial charge in [-0.1, -0.05) is 44.5 Å². The van der Waals surface area contributed by atoms with Gasteiger partial charge in [-0.05, 0) is 37.2 Å². The van der Waals surface area contributed by atoms with Crippen LogP contribution >= 0.6 is 0 Å². The average molecular weight is 271 g/mol. The fourth-order valence-electron chi connectivity index (χ4n) is 3.92. The van der Waals surface area contributed by atoms with Crippen LogP contribution in [-0.2, 0) is 0 Å². The van der Waals surface area contributed by atoms with Gasteiger partial charge in [-0.3, -0.25) is 4.79 Å². The van der Waals surface area contributed by atoms with Crippen LogP contribution in [0.3, 0.4) is 0 Å². The van der Waals surface area contributed by atoms with Crippen molar-refractivity contribution in [3.05, 3.63) is 35.4 Å².